The van der Waals surface area contributed by atoms with Crippen molar-refractivity contribution in [2.24, 2.45) is 0 Å². The van der Waals surface area contributed by atoms with Crippen molar-refractivity contribution < 1.29 is 4.42 Å². The highest BCUT2D eigenvalue weighted by molar-refractivity contribution is 7.80. The van der Waals surface area contributed by atoms with Crippen LogP contribution in [0.25, 0.3) is 11.3 Å². The monoisotopic (exact) mass is 465 g/mol. The van der Waals surface area contributed by atoms with Gasteiger partial charge in [0.25, 0.3) is 0 Å². The normalized spacial score (nSPS) is 18.3. The van der Waals surface area contributed by atoms with Gasteiger partial charge in [0.15, 0.2) is 5.11 Å². The molecule has 2 aromatic heterocycles. The number of hydrogen-bond donors (Lipinski definition) is 1. The number of thiocarbonyl (C=S) groups is 1. The van der Waals surface area contributed by atoms with Crippen molar-refractivity contribution in [1.29, 1.82) is 0 Å². The summed E-state index contributed by atoms with van der Waals surface area (Å²) in [6.07, 6.45) is 1.78. The average Bonchev–Trinajstić information content (AvgIpc) is 3.39. The van der Waals surface area contributed by atoms with E-state index >= 15 is 0 Å². The number of aromatic nitrogens is 1. The minimum atomic E-state index is -0.218. The van der Waals surface area contributed by atoms with E-state index in [-0.39, 0.29) is 12.1 Å². The van der Waals surface area contributed by atoms with Crippen LogP contribution in [0.2, 0.25) is 10.0 Å². The molecule has 0 spiro atoms. The molecule has 2 aromatic carbocycles. The Bertz CT molecular complexity index is 1230. The smallest absolute Gasteiger partial charge is 0.174 e. The molecule has 0 saturated carbocycles. The molecule has 154 valence electrons. The third kappa shape index (κ3) is 3.81. The fourth-order valence-corrected chi connectivity index (χ4v) is 4.70. The summed E-state index contributed by atoms with van der Waals surface area (Å²) < 4.78 is 6.33. The molecule has 0 bridgehead atoms. The Morgan fingerprint density at radius 1 is 0.935 bits per heavy atom. The van der Waals surface area contributed by atoms with E-state index in [9.17, 15) is 0 Å². The Morgan fingerprint density at radius 3 is 2.48 bits per heavy atom. The van der Waals surface area contributed by atoms with Crippen molar-refractivity contribution in [3.63, 3.8) is 0 Å². The number of furan rings is 1. The van der Waals surface area contributed by atoms with Crippen LogP contribution in [0.4, 0.5) is 5.69 Å². The minimum Gasteiger partial charge on any atom is -0.459 e. The van der Waals surface area contributed by atoms with Gasteiger partial charge in [-0.1, -0.05) is 47.5 Å². The van der Waals surface area contributed by atoms with Gasteiger partial charge in [-0.05, 0) is 66.8 Å². The van der Waals surface area contributed by atoms with Gasteiger partial charge < -0.3 is 14.6 Å². The zero-order valence-electron chi connectivity index (χ0n) is 16.2. The van der Waals surface area contributed by atoms with Gasteiger partial charge in [0, 0.05) is 22.5 Å². The largest absolute Gasteiger partial charge is 0.459 e. The van der Waals surface area contributed by atoms with E-state index in [1.807, 2.05) is 66.7 Å². The van der Waals surface area contributed by atoms with Gasteiger partial charge in [-0.3, -0.25) is 4.98 Å². The number of nitrogens with zero attached hydrogens (tertiary/aromatic N) is 2. The maximum atomic E-state index is 6.41. The molecule has 0 amide bonds. The second kappa shape index (κ2) is 8.35. The molecule has 1 aliphatic rings. The van der Waals surface area contributed by atoms with Crippen molar-refractivity contribution in [1.82, 2.24) is 10.3 Å². The van der Waals surface area contributed by atoms with Crippen LogP contribution in [0.5, 0.6) is 0 Å². The number of halogens is 2. The molecule has 0 aliphatic carbocycles. The van der Waals surface area contributed by atoms with Crippen LogP contribution in [-0.4, -0.2) is 10.1 Å². The predicted octanol–water partition coefficient (Wildman–Crippen LogP) is 6.83. The fraction of sp³-hybridized carbons (Fsp3) is 0.0833. The van der Waals surface area contributed by atoms with Gasteiger partial charge in [-0.25, -0.2) is 0 Å². The van der Waals surface area contributed by atoms with E-state index in [0.29, 0.717) is 20.9 Å². The molecule has 0 radical (unpaired) electrons. The van der Waals surface area contributed by atoms with Crippen molar-refractivity contribution in [3.8, 4) is 11.3 Å². The van der Waals surface area contributed by atoms with Gasteiger partial charge in [-0.15, -0.1) is 0 Å². The van der Waals surface area contributed by atoms with Gasteiger partial charge in [0.2, 0.25) is 0 Å². The van der Waals surface area contributed by atoms with Crippen molar-refractivity contribution in [3.05, 3.63) is 107 Å². The van der Waals surface area contributed by atoms with Crippen LogP contribution in [0.3, 0.4) is 0 Å². The van der Waals surface area contributed by atoms with Crippen LogP contribution in [0.15, 0.2) is 89.5 Å². The molecule has 3 heterocycles. The standard InChI is InChI=1S/C24H17Cl2N3OS/c25-15-9-10-17(18(26)14-15)20-11-12-21(30-20)23-22(19-8-4-5-13-27-19)28-24(31)29(23)16-6-2-1-3-7-16/h1-14,22-23H,(H,28,31)/t22-,23+/m1/s1. The number of para-hydroxylation sites is 1. The number of benzene rings is 2. The number of hydrogen-bond acceptors (Lipinski definition) is 3. The van der Waals surface area contributed by atoms with Crippen LogP contribution in [0, 0.1) is 0 Å². The summed E-state index contributed by atoms with van der Waals surface area (Å²) in [6, 6.07) is 24.7. The number of pyridine rings is 1. The van der Waals surface area contributed by atoms with Crippen LogP contribution in [0.1, 0.15) is 23.5 Å². The van der Waals surface area contributed by atoms with E-state index in [2.05, 4.69) is 15.2 Å². The maximum absolute atomic E-state index is 6.41. The summed E-state index contributed by atoms with van der Waals surface area (Å²) in [4.78, 5) is 6.63. The maximum Gasteiger partial charge on any atom is 0.174 e. The second-order valence-corrected chi connectivity index (χ2v) is 8.39. The van der Waals surface area contributed by atoms with Gasteiger partial charge >= 0.3 is 0 Å². The van der Waals surface area contributed by atoms with Crippen molar-refractivity contribution >= 4 is 46.2 Å². The van der Waals surface area contributed by atoms with Gasteiger partial charge in [-0.2, -0.15) is 0 Å². The van der Waals surface area contributed by atoms with Crippen LogP contribution < -0.4 is 10.2 Å². The van der Waals surface area contributed by atoms with Crippen LogP contribution in [-0.2, 0) is 0 Å². The quantitative estimate of drug-likeness (QED) is 0.334. The number of anilines is 1. The Morgan fingerprint density at radius 2 is 1.74 bits per heavy atom. The lowest BCUT2D eigenvalue weighted by atomic mass is 10.0. The highest BCUT2D eigenvalue weighted by atomic mass is 35.5. The summed E-state index contributed by atoms with van der Waals surface area (Å²) in [5.41, 5.74) is 2.65. The molecule has 7 heteroatoms. The van der Waals surface area contributed by atoms with E-state index in [1.165, 1.54) is 0 Å². The fourth-order valence-electron chi connectivity index (χ4n) is 3.86. The SMILES string of the molecule is S=C1N[C@H](c2ccccn2)[C@H](c2ccc(-c3ccc(Cl)cc3Cl)o2)N1c1ccccc1. The molecule has 5 rings (SSSR count). The summed E-state index contributed by atoms with van der Waals surface area (Å²) in [5.74, 6) is 1.43. The lowest BCUT2D eigenvalue weighted by molar-refractivity contribution is 0.439. The minimum absolute atomic E-state index is 0.173. The lowest BCUT2D eigenvalue weighted by Gasteiger charge is -2.26. The number of rotatable bonds is 4. The molecule has 1 N–H and O–H groups in total. The summed E-state index contributed by atoms with van der Waals surface area (Å²) >= 11 is 18.2. The Balaban J connectivity index is 1.60. The molecule has 2 atom stereocenters. The average molecular weight is 466 g/mol. The molecule has 4 aromatic rings. The van der Waals surface area contributed by atoms with Crippen molar-refractivity contribution in [2.75, 3.05) is 4.90 Å². The molecule has 1 fully saturated rings. The molecule has 4 nitrogen and oxygen atoms in total. The summed E-state index contributed by atoms with van der Waals surface area (Å²) in [6.45, 7) is 0. The van der Waals surface area contributed by atoms with Gasteiger partial charge in [0.1, 0.15) is 17.6 Å². The Labute approximate surface area is 195 Å². The lowest BCUT2D eigenvalue weighted by Crippen LogP contribution is -2.29. The highest BCUT2D eigenvalue weighted by Gasteiger charge is 2.42. The van der Waals surface area contributed by atoms with E-state index in [4.69, 9.17) is 39.8 Å². The molecule has 1 saturated heterocycles. The first kappa shape index (κ1) is 20.1. The molecule has 0 unspecified atom stereocenters. The second-order valence-electron chi connectivity index (χ2n) is 7.16. The Hall–Kier alpha value is -2.86. The molecular weight excluding hydrogens is 449 g/mol. The van der Waals surface area contributed by atoms with Gasteiger partial charge in [0.05, 0.1) is 16.8 Å². The summed E-state index contributed by atoms with van der Waals surface area (Å²) in [5, 5.41) is 5.16. The van der Waals surface area contributed by atoms with Crippen LogP contribution >= 0.6 is 35.4 Å². The third-order valence-corrected chi connectivity index (χ3v) is 6.11. The third-order valence-electron chi connectivity index (χ3n) is 5.25. The number of nitrogens with one attached hydrogen (secondary N) is 1. The predicted molar refractivity (Wildman–Crippen MR) is 129 cm³/mol. The highest BCUT2D eigenvalue weighted by Crippen LogP contribution is 2.43. The molecule has 1 aliphatic heterocycles. The topological polar surface area (TPSA) is 41.3 Å². The first-order valence-corrected chi connectivity index (χ1v) is 10.9. The van der Waals surface area contributed by atoms with Crippen molar-refractivity contribution in [2.45, 2.75) is 12.1 Å². The zero-order chi connectivity index (χ0) is 21.4. The van der Waals surface area contributed by atoms with E-state index in [1.54, 1.807) is 18.3 Å². The zero-order valence-corrected chi connectivity index (χ0v) is 18.5. The van der Waals surface area contributed by atoms with E-state index < -0.39 is 0 Å². The Kier molecular flexibility index (Phi) is 5.40. The first-order valence-electron chi connectivity index (χ1n) is 9.72. The molecule has 31 heavy (non-hydrogen) atoms. The first-order chi connectivity index (χ1) is 15.1. The molecular formula is C24H17Cl2N3OS. The van der Waals surface area contributed by atoms with E-state index in [0.717, 1.165) is 22.7 Å². The summed E-state index contributed by atoms with van der Waals surface area (Å²) in [7, 11) is 0.